The molecule has 2 N–H and O–H groups in total. The highest BCUT2D eigenvalue weighted by Gasteiger charge is 2.23. The molecule has 0 saturated heterocycles. The zero-order chi connectivity index (χ0) is 63.4. The summed E-state index contributed by atoms with van der Waals surface area (Å²) in [6.07, 6.45) is 94.2. The summed E-state index contributed by atoms with van der Waals surface area (Å²) in [6.45, 7) is 4.68. The number of quaternary nitrogens is 1. The van der Waals surface area contributed by atoms with E-state index >= 15 is 0 Å². The molecule has 0 aromatic rings. The third-order valence-corrected chi connectivity index (χ3v) is 18.7. The Labute approximate surface area is 543 Å². The molecular formula is C78H151N2O6P. The second-order valence-corrected chi connectivity index (χ2v) is 29.1. The smallest absolute Gasteiger partial charge is 0.268 e. The average molecular weight is 1240 g/mol. The van der Waals surface area contributed by atoms with Gasteiger partial charge in [-0.3, -0.25) is 9.36 Å². The first-order valence-corrected chi connectivity index (χ1v) is 40.0. The van der Waals surface area contributed by atoms with Crippen molar-refractivity contribution in [2.45, 2.75) is 405 Å². The van der Waals surface area contributed by atoms with Gasteiger partial charge in [-0.1, -0.05) is 371 Å². The van der Waals surface area contributed by atoms with E-state index in [2.05, 4.69) is 55.6 Å². The van der Waals surface area contributed by atoms with Gasteiger partial charge in [-0.05, 0) is 64.2 Å². The number of phosphoric ester groups is 1. The molecule has 0 saturated carbocycles. The Morgan fingerprint density at radius 3 is 1.00 bits per heavy atom. The fourth-order valence-corrected chi connectivity index (χ4v) is 12.5. The highest BCUT2D eigenvalue weighted by atomic mass is 31.2. The number of carbonyl (C=O) groups excluding carboxylic acids is 1. The fraction of sp³-hybridized carbons (Fsp3) is 0.885. The lowest BCUT2D eigenvalue weighted by atomic mass is 10.0. The SMILES string of the molecule is CCCCCCC/C=C\C/C=C\CCCCCCCCCCCCCCCCCCCCCCCCCCCCCCCC(=O)NC(COP(=O)([O-])OCC[N+](C)(C)C)C(O)/C=C/CC/C=C/CCCCCCCCCCCCCCCCCCCC. The molecule has 3 unspecified atom stereocenters. The summed E-state index contributed by atoms with van der Waals surface area (Å²) in [5.74, 6) is -0.199. The molecule has 0 aliphatic carbocycles. The van der Waals surface area contributed by atoms with Gasteiger partial charge in [0.15, 0.2) is 0 Å². The van der Waals surface area contributed by atoms with Crippen LogP contribution in [0.2, 0.25) is 0 Å². The number of nitrogens with zero attached hydrogens (tertiary/aromatic N) is 1. The van der Waals surface area contributed by atoms with Gasteiger partial charge in [0, 0.05) is 6.42 Å². The molecule has 0 rings (SSSR count). The van der Waals surface area contributed by atoms with E-state index in [1.165, 1.54) is 327 Å². The molecular weight excluding hydrogens is 1090 g/mol. The minimum absolute atomic E-state index is 0.00449. The van der Waals surface area contributed by atoms with Crippen molar-refractivity contribution >= 4 is 13.7 Å². The van der Waals surface area contributed by atoms with Gasteiger partial charge in [0.25, 0.3) is 7.82 Å². The first-order chi connectivity index (χ1) is 42.5. The van der Waals surface area contributed by atoms with Gasteiger partial charge in [-0.2, -0.15) is 0 Å². The van der Waals surface area contributed by atoms with Crippen molar-refractivity contribution in [3.63, 3.8) is 0 Å². The molecule has 0 radical (unpaired) electrons. The lowest BCUT2D eigenvalue weighted by Gasteiger charge is -2.29. The largest absolute Gasteiger partial charge is 0.756 e. The van der Waals surface area contributed by atoms with Gasteiger partial charge in [-0.15, -0.1) is 0 Å². The van der Waals surface area contributed by atoms with Crippen molar-refractivity contribution < 1.29 is 32.9 Å². The molecule has 0 aliphatic heterocycles. The van der Waals surface area contributed by atoms with Crippen LogP contribution in [0.3, 0.4) is 0 Å². The van der Waals surface area contributed by atoms with Gasteiger partial charge in [-0.25, -0.2) is 0 Å². The number of amides is 1. The number of likely N-dealkylation sites (N-methyl/N-ethyl adjacent to an activating group) is 1. The Bertz CT molecular complexity index is 1560. The topological polar surface area (TPSA) is 108 Å². The highest BCUT2D eigenvalue weighted by molar-refractivity contribution is 7.45. The number of nitrogens with one attached hydrogen (secondary N) is 1. The monoisotopic (exact) mass is 1240 g/mol. The van der Waals surface area contributed by atoms with Crippen LogP contribution < -0.4 is 10.2 Å². The third kappa shape index (κ3) is 71.8. The highest BCUT2D eigenvalue weighted by Crippen LogP contribution is 2.38. The van der Waals surface area contributed by atoms with Crippen molar-refractivity contribution in [1.29, 1.82) is 0 Å². The molecule has 1 amide bonds. The van der Waals surface area contributed by atoms with Crippen molar-refractivity contribution in [3.8, 4) is 0 Å². The van der Waals surface area contributed by atoms with Crippen LogP contribution in [0, 0.1) is 0 Å². The molecule has 9 heteroatoms. The van der Waals surface area contributed by atoms with E-state index in [1.807, 2.05) is 27.2 Å². The zero-order valence-electron chi connectivity index (χ0n) is 59.0. The second kappa shape index (κ2) is 68.8. The summed E-state index contributed by atoms with van der Waals surface area (Å²) in [6, 6.07) is -0.904. The van der Waals surface area contributed by atoms with Crippen LogP contribution in [-0.2, 0) is 18.4 Å². The number of hydrogen-bond donors (Lipinski definition) is 2. The van der Waals surface area contributed by atoms with E-state index < -0.39 is 20.0 Å². The number of allylic oxidation sites excluding steroid dienone is 7. The van der Waals surface area contributed by atoms with Crippen LogP contribution >= 0.6 is 7.82 Å². The maximum atomic E-state index is 13.1. The summed E-state index contributed by atoms with van der Waals surface area (Å²) in [4.78, 5) is 25.7. The summed E-state index contributed by atoms with van der Waals surface area (Å²) >= 11 is 0. The van der Waals surface area contributed by atoms with Crippen LogP contribution in [0.15, 0.2) is 48.6 Å². The Balaban J connectivity index is 3.93. The number of aliphatic hydroxyl groups is 1. The first kappa shape index (κ1) is 85.5. The van der Waals surface area contributed by atoms with E-state index in [-0.39, 0.29) is 19.1 Å². The maximum Gasteiger partial charge on any atom is 0.268 e. The number of rotatable bonds is 72. The maximum absolute atomic E-state index is 13.1. The molecule has 0 bridgehead atoms. The van der Waals surface area contributed by atoms with Crippen molar-refractivity contribution in [1.82, 2.24) is 5.32 Å². The van der Waals surface area contributed by atoms with Crippen LogP contribution in [0.4, 0.5) is 0 Å². The van der Waals surface area contributed by atoms with E-state index in [1.54, 1.807) is 6.08 Å². The average Bonchev–Trinajstić information content (AvgIpc) is 3.71. The van der Waals surface area contributed by atoms with Crippen molar-refractivity contribution in [2.75, 3.05) is 40.9 Å². The molecule has 0 heterocycles. The molecule has 514 valence electrons. The second-order valence-electron chi connectivity index (χ2n) is 27.7. The Morgan fingerprint density at radius 1 is 0.402 bits per heavy atom. The lowest BCUT2D eigenvalue weighted by molar-refractivity contribution is -0.870. The van der Waals surface area contributed by atoms with E-state index in [0.717, 1.165) is 44.9 Å². The van der Waals surface area contributed by atoms with Gasteiger partial charge in [0.2, 0.25) is 5.91 Å². The van der Waals surface area contributed by atoms with E-state index in [0.29, 0.717) is 17.4 Å². The summed E-state index contributed by atoms with van der Waals surface area (Å²) in [7, 11) is 1.26. The minimum atomic E-state index is -4.61. The summed E-state index contributed by atoms with van der Waals surface area (Å²) in [5, 5.41) is 14.0. The molecule has 0 aliphatic rings. The van der Waals surface area contributed by atoms with Crippen LogP contribution in [-0.4, -0.2) is 68.5 Å². The lowest BCUT2D eigenvalue weighted by Crippen LogP contribution is -2.45. The van der Waals surface area contributed by atoms with Gasteiger partial charge in [0.1, 0.15) is 13.2 Å². The number of carbonyl (C=O) groups is 1. The van der Waals surface area contributed by atoms with Crippen molar-refractivity contribution in [2.24, 2.45) is 0 Å². The number of aliphatic hydroxyl groups excluding tert-OH is 1. The van der Waals surface area contributed by atoms with Crippen molar-refractivity contribution in [3.05, 3.63) is 48.6 Å². The quantitative estimate of drug-likeness (QED) is 0.0272. The Hall–Kier alpha value is -1.54. The van der Waals surface area contributed by atoms with Crippen LogP contribution in [0.5, 0.6) is 0 Å². The third-order valence-electron chi connectivity index (χ3n) is 17.8. The van der Waals surface area contributed by atoms with Crippen LogP contribution in [0.1, 0.15) is 393 Å². The van der Waals surface area contributed by atoms with Crippen LogP contribution in [0.25, 0.3) is 0 Å². The molecule has 0 aromatic carbocycles. The summed E-state index contributed by atoms with van der Waals surface area (Å²) < 4.78 is 23.5. The minimum Gasteiger partial charge on any atom is -0.756 e. The normalized spacial score (nSPS) is 13.8. The molecule has 0 spiro atoms. The number of phosphoric acid groups is 1. The fourth-order valence-electron chi connectivity index (χ4n) is 11.8. The number of unbranched alkanes of at least 4 members (excludes halogenated alkanes) is 53. The van der Waals surface area contributed by atoms with Gasteiger partial charge < -0.3 is 28.8 Å². The molecule has 8 nitrogen and oxygen atoms in total. The zero-order valence-corrected chi connectivity index (χ0v) is 59.9. The first-order valence-electron chi connectivity index (χ1n) is 38.5. The molecule has 87 heavy (non-hydrogen) atoms. The summed E-state index contributed by atoms with van der Waals surface area (Å²) in [5.41, 5.74) is 0. The van der Waals surface area contributed by atoms with E-state index in [4.69, 9.17) is 9.05 Å². The molecule has 0 aromatic heterocycles. The number of hydrogen-bond acceptors (Lipinski definition) is 6. The Morgan fingerprint density at radius 2 is 0.678 bits per heavy atom. The van der Waals surface area contributed by atoms with Gasteiger partial charge >= 0.3 is 0 Å². The van der Waals surface area contributed by atoms with E-state index in [9.17, 15) is 19.4 Å². The predicted molar refractivity (Wildman–Crippen MR) is 381 cm³/mol. The standard InChI is InChI=1S/C78H151N2O6P/c1-6-8-10-12-14-16-18-20-22-24-26-28-30-32-33-34-35-36-37-38-39-40-41-42-43-44-45-46-47-48-50-52-54-56-58-60-62-64-66-68-70-72-78(82)79-76(75-86-87(83,84)85-74-73-80(3,4)5)77(81)71-69-67-65-63-61-59-57-55-53-51-49-31-29-27-25-23-21-19-17-15-13-11-9-7-2/h18,20,24,26,61,63,69,71,76-77,81H,6-17,19,21-23,25,27-60,62,64-68,70,72-75H2,1-5H3,(H-,79,82,83,84)/b20-18-,26-24-,63-61+,71-69+. The molecule has 3 atom stereocenters. The Kier molecular flexibility index (Phi) is 67.6. The molecule has 0 fully saturated rings. The predicted octanol–water partition coefficient (Wildman–Crippen LogP) is 24.3. The van der Waals surface area contributed by atoms with Gasteiger partial charge in [0.05, 0.1) is 39.9 Å².